The number of aromatic nitrogens is 4. The maximum atomic E-state index is 12.8. The molecule has 0 unspecified atom stereocenters. The molecular formula is C20H17N5O2S. The fraction of sp³-hybridized carbons (Fsp3) is 0.150. The summed E-state index contributed by atoms with van der Waals surface area (Å²) >= 11 is 1.34. The molecule has 0 saturated heterocycles. The van der Waals surface area contributed by atoms with Gasteiger partial charge in [-0.1, -0.05) is 54.6 Å². The molecule has 0 spiro atoms. The minimum Gasteiger partial charge on any atom is -0.300 e. The van der Waals surface area contributed by atoms with Gasteiger partial charge in [0, 0.05) is 10.9 Å². The number of benzene rings is 2. The van der Waals surface area contributed by atoms with Crippen molar-refractivity contribution in [3.63, 3.8) is 0 Å². The molecule has 140 valence electrons. The van der Waals surface area contributed by atoms with Crippen LogP contribution in [0.4, 0.5) is 5.13 Å². The van der Waals surface area contributed by atoms with E-state index in [9.17, 15) is 9.59 Å². The third-order valence-electron chi connectivity index (χ3n) is 4.38. The molecule has 0 saturated carbocycles. The van der Waals surface area contributed by atoms with E-state index in [0.717, 1.165) is 15.9 Å². The van der Waals surface area contributed by atoms with Crippen LogP contribution < -0.4 is 10.9 Å². The van der Waals surface area contributed by atoms with Crippen LogP contribution in [0.5, 0.6) is 0 Å². The number of rotatable bonds is 5. The lowest BCUT2D eigenvalue weighted by Gasteiger charge is -2.15. The lowest BCUT2D eigenvalue weighted by atomic mass is 10.2. The van der Waals surface area contributed by atoms with E-state index in [1.807, 2.05) is 42.6 Å². The summed E-state index contributed by atoms with van der Waals surface area (Å²) in [6.45, 7) is 1.82. The Balaban J connectivity index is 1.60. The predicted octanol–water partition coefficient (Wildman–Crippen LogP) is 3.50. The highest BCUT2D eigenvalue weighted by molar-refractivity contribution is 7.14. The van der Waals surface area contributed by atoms with Gasteiger partial charge in [-0.15, -0.1) is 16.4 Å². The topological polar surface area (TPSA) is 89.8 Å². The molecule has 4 aromatic rings. The fourth-order valence-corrected chi connectivity index (χ4v) is 3.66. The van der Waals surface area contributed by atoms with Gasteiger partial charge in [-0.05, 0) is 18.6 Å². The molecule has 2 aromatic carbocycles. The molecular weight excluding hydrogens is 374 g/mol. The normalized spacial score (nSPS) is 12.0. The van der Waals surface area contributed by atoms with E-state index in [-0.39, 0.29) is 11.5 Å². The zero-order valence-electron chi connectivity index (χ0n) is 15.1. The Morgan fingerprint density at radius 1 is 1.14 bits per heavy atom. The Kier molecular flexibility index (Phi) is 4.94. The van der Waals surface area contributed by atoms with E-state index in [1.54, 1.807) is 24.3 Å². The number of fused-ring (bicyclic) bond motifs is 1. The van der Waals surface area contributed by atoms with E-state index in [1.165, 1.54) is 11.3 Å². The van der Waals surface area contributed by atoms with Crippen LogP contribution in [-0.2, 0) is 4.79 Å². The highest BCUT2D eigenvalue weighted by Crippen LogP contribution is 2.25. The van der Waals surface area contributed by atoms with E-state index in [0.29, 0.717) is 22.5 Å². The first kappa shape index (κ1) is 18.0. The zero-order valence-corrected chi connectivity index (χ0v) is 15.9. The van der Waals surface area contributed by atoms with Crippen molar-refractivity contribution in [2.24, 2.45) is 0 Å². The van der Waals surface area contributed by atoms with Crippen molar-refractivity contribution in [2.45, 2.75) is 19.4 Å². The van der Waals surface area contributed by atoms with Crippen molar-refractivity contribution in [1.29, 1.82) is 0 Å². The minimum atomic E-state index is -0.770. The van der Waals surface area contributed by atoms with Gasteiger partial charge in [0.15, 0.2) is 5.13 Å². The number of carbonyl (C=O) groups excluding carboxylic acids is 1. The average molecular weight is 391 g/mol. The van der Waals surface area contributed by atoms with E-state index in [2.05, 4.69) is 20.6 Å². The molecule has 1 N–H and O–H groups in total. The number of nitrogens with one attached hydrogen (secondary N) is 1. The van der Waals surface area contributed by atoms with Gasteiger partial charge < -0.3 is 5.32 Å². The summed E-state index contributed by atoms with van der Waals surface area (Å²) in [6, 6.07) is 15.9. The summed E-state index contributed by atoms with van der Waals surface area (Å²) < 4.78 is 1.14. The molecule has 1 atom stereocenters. The van der Waals surface area contributed by atoms with Gasteiger partial charge in [0.1, 0.15) is 11.6 Å². The largest absolute Gasteiger partial charge is 0.300 e. The summed E-state index contributed by atoms with van der Waals surface area (Å²) in [5, 5.41) is 13.6. The predicted molar refractivity (Wildman–Crippen MR) is 109 cm³/mol. The second-order valence-corrected chi connectivity index (χ2v) is 7.03. The molecule has 2 aromatic heterocycles. The molecule has 28 heavy (non-hydrogen) atoms. The lowest BCUT2D eigenvalue weighted by molar-refractivity contribution is -0.119. The summed E-state index contributed by atoms with van der Waals surface area (Å²) in [7, 11) is 0. The van der Waals surface area contributed by atoms with Crippen molar-refractivity contribution in [2.75, 3.05) is 5.32 Å². The van der Waals surface area contributed by atoms with Gasteiger partial charge in [-0.3, -0.25) is 9.59 Å². The van der Waals surface area contributed by atoms with Gasteiger partial charge in [-0.25, -0.2) is 4.98 Å². The maximum absolute atomic E-state index is 12.8. The second-order valence-electron chi connectivity index (χ2n) is 6.17. The van der Waals surface area contributed by atoms with Crippen LogP contribution >= 0.6 is 11.3 Å². The lowest BCUT2D eigenvalue weighted by Crippen LogP contribution is -2.35. The molecule has 1 amide bonds. The number of nitrogens with zero attached hydrogens (tertiary/aromatic N) is 4. The Morgan fingerprint density at radius 3 is 2.68 bits per heavy atom. The third kappa shape index (κ3) is 3.41. The highest BCUT2D eigenvalue weighted by Gasteiger charge is 2.23. The molecule has 4 rings (SSSR count). The van der Waals surface area contributed by atoms with Gasteiger partial charge >= 0.3 is 0 Å². The first-order valence-electron chi connectivity index (χ1n) is 8.83. The molecule has 0 bridgehead atoms. The fourth-order valence-electron chi connectivity index (χ4n) is 2.94. The monoisotopic (exact) mass is 391 g/mol. The van der Waals surface area contributed by atoms with Crippen LogP contribution in [0, 0.1) is 0 Å². The number of anilines is 1. The quantitative estimate of drug-likeness (QED) is 0.562. The van der Waals surface area contributed by atoms with Gasteiger partial charge in [0.25, 0.3) is 11.5 Å². The SMILES string of the molecule is CC[C@@H](C(=O)Nc1nc(-c2ccccc2)cs1)n1nnc2ccccc2c1=O. The molecule has 0 aliphatic heterocycles. The second kappa shape index (κ2) is 7.69. The Morgan fingerprint density at radius 2 is 1.89 bits per heavy atom. The van der Waals surface area contributed by atoms with E-state index < -0.39 is 6.04 Å². The van der Waals surface area contributed by atoms with Crippen molar-refractivity contribution in [1.82, 2.24) is 20.0 Å². The molecule has 0 radical (unpaired) electrons. The van der Waals surface area contributed by atoms with Crippen molar-refractivity contribution in [3.8, 4) is 11.3 Å². The smallest absolute Gasteiger partial charge is 0.278 e. The van der Waals surface area contributed by atoms with Crippen molar-refractivity contribution < 1.29 is 4.79 Å². The average Bonchev–Trinajstić information content (AvgIpc) is 3.19. The van der Waals surface area contributed by atoms with E-state index >= 15 is 0 Å². The Labute approximate surface area is 164 Å². The van der Waals surface area contributed by atoms with Crippen LogP contribution in [-0.4, -0.2) is 25.9 Å². The first-order valence-corrected chi connectivity index (χ1v) is 9.71. The highest BCUT2D eigenvalue weighted by atomic mass is 32.1. The standard InChI is InChI=1S/C20H17N5O2S/c1-2-17(25-19(27)14-10-6-7-11-15(14)23-24-25)18(26)22-20-21-16(12-28-20)13-8-4-3-5-9-13/h3-12,17H,2H2,1H3,(H,21,22,26)/t17-/m0/s1. The minimum absolute atomic E-state index is 0.336. The summed E-state index contributed by atoms with van der Waals surface area (Å²) in [6.07, 6.45) is 0.398. The number of hydrogen-bond acceptors (Lipinski definition) is 6. The number of amides is 1. The molecule has 7 nitrogen and oxygen atoms in total. The van der Waals surface area contributed by atoms with Crippen molar-refractivity contribution >= 4 is 33.3 Å². The van der Waals surface area contributed by atoms with Crippen molar-refractivity contribution in [3.05, 3.63) is 70.3 Å². The number of thiazole rings is 1. The molecule has 0 aliphatic rings. The molecule has 0 fully saturated rings. The Hall–Kier alpha value is -3.39. The van der Waals surface area contributed by atoms with Crippen LogP contribution in [0.15, 0.2) is 64.8 Å². The number of hydrogen-bond donors (Lipinski definition) is 1. The van der Waals surface area contributed by atoms with Crippen LogP contribution in [0.3, 0.4) is 0 Å². The van der Waals surface area contributed by atoms with Crippen LogP contribution in [0.25, 0.3) is 22.2 Å². The summed E-state index contributed by atoms with van der Waals surface area (Å²) in [5.41, 5.74) is 1.93. The zero-order chi connectivity index (χ0) is 19.5. The maximum Gasteiger partial charge on any atom is 0.278 e. The first-order chi connectivity index (χ1) is 13.7. The molecule has 0 aliphatic carbocycles. The molecule has 8 heteroatoms. The van der Waals surface area contributed by atoms with Crippen LogP contribution in [0.2, 0.25) is 0 Å². The van der Waals surface area contributed by atoms with Gasteiger partial charge in [0.05, 0.1) is 11.1 Å². The summed E-state index contributed by atoms with van der Waals surface area (Å²) in [4.78, 5) is 30.0. The Bertz CT molecular complexity index is 1190. The van der Waals surface area contributed by atoms with Gasteiger partial charge in [0.2, 0.25) is 0 Å². The van der Waals surface area contributed by atoms with E-state index in [4.69, 9.17) is 0 Å². The molecule has 2 heterocycles. The summed E-state index contributed by atoms with van der Waals surface area (Å²) in [5.74, 6) is -0.344. The number of carbonyl (C=O) groups is 1. The van der Waals surface area contributed by atoms with Crippen LogP contribution in [0.1, 0.15) is 19.4 Å². The van der Waals surface area contributed by atoms with Gasteiger partial charge in [-0.2, -0.15) is 4.68 Å². The third-order valence-corrected chi connectivity index (χ3v) is 5.14.